The number of aliphatic imine (C=N–C) groups is 1. The van der Waals surface area contributed by atoms with Gasteiger partial charge in [0.15, 0.2) is 5.96 Å². The number of nitrogens with zero attached hydrogens (tertiary/aromatic N) is 1. The van der Waals surface area contributed by atoms with E-state index in [4.69, 9.17) is 22.3 Å². The lowest BCUT2D eigenvalue weighted by atomic mass is 11.1. The summed E-state index contributed by atoms with van der Waals surface area (Å²) in [7, 11) is 0. The van der Waals surface area contributed by atoms with Gasteiger partial charge in [-0.15, -0.1) is 0 Å². The molecule has 1 atom stereocenters. The second kappa shape index (κ2) is 5.36. The van der Waals surface area contributed by atoms with Crippen molar-refractivity contribution in [3.8, 4) is 0 Å². The summed E-state index contributed by atoms with van der Waals surface area (Å²) < 4.78 is 0. The van der Waals surface area contributed by atoms with Crippen LogP contribution in [0, 0.1) is 0 Å². The third-order valence-corrected chi connectivity index (χ3v) is 1.28. The monoisotopic (exact) mass is 184 g/mol. The van der Waals surface area contributed by atoms with Crippen LogP contribution in [0.5, 0.6) is 0 Å². The van der Waals surface area contributed by atoms with Crippen LogP contribution in [0.1, 0.15) is 12.8 Å². The van der Waals surface area contributed by atoms with Crippen LogP contribution in [-0.4, -0.2) is 29.6 Å². The van der Waals surface area contributed by atoms with Gasteiger partial charge in [-0.1, -0.05) is 0 Å². The van der Waals surface area contributed by atoms with Crippen molar-refractivity contribution in [1.82, 2.24) is 0 Å². The number of rotatable bonds is 5. The van der Waals surface area contributed by atoms with E-state index in [1.807, 2.05) is 0 Å². The molecule has 0 saturated heterocycles. The Labute approximate surface area is 70.4 Å². The zero-order valence-electron chi connectivity index (χ0n) is 6.73. The molecule has 0 unspecified atom stereocenters. The molecule has 7 N–H and O–H groups in total. The number of guanidine groups is 1. The van der Waals surface area contributed by atoms with Gasteiger partial charge in [0.25, 0.3) is 0 Å². The molecule has 0 saturated carbocycles. The molecule has 70 valence electrons. The fourth-order valence-electron chi connectivity index (χ4n) is 0.643. The van der Waals surface area contributed by atoms with Crippen LogP contribution >= 0.6 is 0 Å². The van der Waals surface area contributed by atoms with E-state index in [2.05, 4.69) is 4.99 Å². The molecule has 0 rings (SSSR count). The average Bonchev–Trinajstić information content (AvgIpc) is 1.97. The summed E-state index contributed by atoms with van der Waals surface area (Å²) >= 11 is 0. The minimum atomic E-state index is -1.00. The lowest BCUT2D eigenvalue weighted by Crippen LogP contribution is -2.30. The molecule has 0 aromatic heterocycles. The lowest BCUT2D eigenvalue weighted by molar-refractivity contribution is -0.138. The van der Waals surface area contributed by atoms with Gasteiger partial charge in [-0.05, 0) is 12.8 Å². The highest BCUT2D eigenvalue weighted by Gasteiger charge is 2.09. The summed E-state index contributed by atoms with van der Waals surface area (Å²) in [4.78, 5) is 13.9. The van der Waals surface area contributed by atoms with Crippen molar-refractivity contribution in [2.75, 3.05) is 6.54 Å². The largest absolute Gasteiger partial charge is 0.480 e. The van der Waals surface area contributed by atoms with Gasteiger partial charge in [0.1, 0.15) is 6.04 Å². The van der Waals surface area contributed by atoms with Gasteiger partial charge in [0.05, 0.1) is 0 Å². The molecule has 0 heterocycles. The second-order valence-corrected chi connectivity index (χ2v) is 2.39. The van der Waals surface area contributed by atoms with Gasteiger partial charge in [-0.2, -0.15) is 0 Å². The van der Waals surface area contributed by atoms with Crippen molar-refractivity contribution >= 4 is 11.9 Å². The van der Waals surface area contributed by atoms with Crippen molar-refractivity contribution in [3.63, 3.8) is 0 Å². The molecule has 0 aliphatic rings. The van der Waals surface area contributed by atoms with E-state index in [1.54, 1.807) is 0 Å². The Morgan fingerprint density at radius 1 is 1.50 bits per heavy atom. The molecular formula is C6H14N4O2. The number of carboxylic acid groups (broad SMARTS) is 1. The summed E-state index contributed by atoms with van der Waals surface area (Å²) in [6, 6.07) is -0.820. The van der Waals surface area contributed by atoms with Gasteiger partial charge in [-0.25, -0.2) is 0 Å². The minimum Gasteiger partial charge on any atom is -0.480 e. The third kappa shape index (κ3) is 5.48. The zero-order chi connectivity index (χ0) is 9.56. The minimum absolute atomic E-state index is 0.0129. The Kier molecular flexibility index (Phi) is 4.78. The van der Waals surface area contributed by atoms with E-state index in [0.29, 0.717) is 19.4 Å². The van der Waals surface area contributed by atoms with Gasteiger partial charge in [0.2, 0.25) is 0 Å². The highest BCUT2D eigenvalue weighted by atomic mass is 16.5. The number of nitrogens with two attached hydrogens (primary N) is 3. The molecule has 0 aliphatic carbocycles. The van der Waals surface area contributed by atoms with E-state index < -0.39 is 12.0 Å². The average molecular weight is 184 g/mol. The molecule has 6 nitrogen and oxygen atoms in total. The second-order valence-electron chi connectivity index (χ2n) is 2.39. The Balaban J connectivity index is 3.44. The number of hydrogen-bond donors (Lipinski definition) is 4. The van der Waals surface area contributed by atoms with Crippen LogP contribution in [0.25, 0.3) is 0 Å². The Morgan fingerprint density at radius 3 is 2.50 bits per heavy atom. The predicted octanol–water partition coefficient (Wildman–Crippen LogP) is -1.55. The molecule has 0 amide bonds. The molecule has 0 aromatic carbocycles. The molecule has 6 heteroatoms. The van der Waals surface area contributed by atoms with Crippen LogP contribution in [0.3, 0.4) is 0 Å². The van der Waals surface area contributed by atoms with Crippen LogP contribution in [0.2, 0.25) is 0 Å². The summed E-state index contributed by atoms with van der Waals surface area (Å²) in [6.45, 7) is 0.420. The number of carbonyl (C=O) groups is 1. The van der Waals surface area contributed by atoms with Crippen molar-refractivity contribution in [2.24, 2.45) is 22.2 Å². The maximum absolute atomic E-state index is 10.2. The lowest BCUT2D eigenvalue weighted by Gasteiger charge is -2.03. The normalized spacial score (nSPS) is 12.1. The first-order valence-corrected chi connectivity index (χ1v) is 3.58. The van der Waals surface area contributed by atoms with Gasteiger partial charge >= 0.3 is 5.97 Å². The molecule has 0 aromatic rings. The summed E-state index contributed by atoms with van der Waals surface area (Å²) in [5, 5.41) is 8.38. The fraction of sp³-hybridized carbons (Fsp3) is 0.667. The topological polar surface area (TPSA) is 128 Å². The van der Waals surface area contributed by atoms with Gasteiger partial charge in [-0.3, -0.25) is 9.79 Å². The summed E-state index contributed by atoms with van der Waals surface area (Å²) in [5.74, 6) is -0.987. The van der Waals surface area contributed by atoms with Crippen LogP contribution in [-0.2, 0) is 4.79 Å². The maximum atomic E-state index is 10.2. The predicted molar refractivity (Wildman–Crippen MR) is 45.5 cm³/mol. The van der Waals surface area contributed by atoms with Crippen LogP contribution in [0.4, 0.5) is 0 Å². The molecule has 12 heavy (non-hydrogen) atoms. The molecule has 0 fully saturated rings. The highest BCUT2D eigenvalue weighted by Crippen LogP contribution is 1.94. The van der Waals surface area contributed by atoms with Crippen LogP contribution in [0.15, 0.2) is 4.99 Å². The van der Waals surface area contributed by atoms with E-state index >= 15 is 0 Å². The Bertz CT molecular complexity index is 176. The summed E-state index contributed by atoms with van der Waals surface area (Å²) in [5.41, 5.74) is 15.3. The molecule has 0 spiro atoms. The molecule has 0 radical (unpaired) electrons. The number of carboxylic acids is 1. The molecule has 0 aliphatic heterocycles. The quantitative estimate of drug-likeness (QED) is 0.135. The van der Waals surface area contributed by atoms with E-state index in [9.17, 15) is 4.79 Å². The van der Waals surface area contributed by atoms with Crippen molar-refractivity contribution in [3.05, 3.63) is 0 Å². The van der Waals surface area contributed by atoms with E-state index in [-0.39, 0.29) is 5.96 Å². The smallest absolute Gasteiger partial charge is 0.320 e. The molecular weight excluding hydrogens is 170 g/mol. The standard InChI is InChI=1S/C6H14N4O2/c7-4(5(11)12)2-1-3-10-6(8)9/h4H,1-3,7H2,(H,11,12)(H4,8,9,10)/t4-/m1/s1/i1+1,2+1,3+1,4+1,5+1,6+1,7+1,8+1,9+1,10+1. The first-order chi connectivity index (χ1) is 5.54. The molecule has 0 bridgehead atoms. The van der Waals surface area contributed by atoms with Crippen molar-refractivity contribution < 1.29 is 9.90 Å². The third-order valence-electron chi connectivity index (χ3n) is 1.28. The first kappa shape index (κ1) is 10.7. The number of hydrogen-bond acceptors (Lipinski definition) is 3. The zero-order valence-corrected chi connectivity index (χ0v) is 6.73. The SMILES string of the molecule is [15NH2][13C]([15NH2])=[15N][13CH2][13CH2][13CH2][13C@@H]([15NH2])[13C](=O)O. The van der Waals surface area contributed by atoms with Crippen LogP contribution < -0.4 is 17.2 Å². The summed E-state index contributed by atoms with van der Waals surface area (Å²) in [6.07, 6.45) is 0.956. The van der Waals surface area contributed by atoms with Gasteiger partial charge < -0.3 is 22.3 Å². The fourth-order valence-corrected chi connectivity index (χ4v) is 0.643. The van der Waals surface area contributed by atoms with Gasteiger partial charge in [0, 0.05) is 6.54 Å². The maximum Gasteiger partial charge on any atom is 0.320 e. The van der Waals surface area contributed by atoms with E-state index in [0.717, 1.165) is 0 Å². The Morgan fingerprint density at radius 2 is 2.08 bits per heavy atom. The van der Waals surface area contributed by atoms with Crippen molar-refractivity contribution in [2.45, 2.75) is 18.9 Å². The highest BCUT2D eigenvalue weighted by molar-refractivity contribution is 5.75. The van der Waals surface area contributed by atoms with E-state index in [1.165, 1.54) is 0 Å². The Hall–Kier alpha value is -1.30. The first-order valence-electron chi connectivity index (χ1n) is 3.58. The van der Waals surface area contributed by atoms with Crippen molar-refractivity contribution in [1.29, 1.82) is 0 Å². The number of aliphatic carboxylic acids is 1.